The fraction of sp³-hybridized carbons (Fsp3) is 0.545. The topological polar surface area (TPSA) is 79.3 Å². The predicted molar refractivity (Wildman–Crippen MR) is 62.7 cm³/mol. The Morgan fingerprint density at radius 2 is 2.18 bits per heavy atom. The van der Waals surface area contributed by atoms with Gasteiger partial charge in [0.05, 0.1) is 6.61 Å². The van der Waals surface area contributed by atoms with E-state index in [0.717, 1.165) is 12.8 Å². The van der Waals surface area contributed by atoms with Crippen LogP contribution in [-0.4, -0.2) is 25.1 Å². The standard InChI is InChI=1S/C11H16N2O3S/c1-11(4-5-11)8-13-17(15,16)10-3-2-9(7-14)6-12-10/h2-3,6,13-14H,4-5,7-8H2,1H3. The van der Waals surface area contributed by atoms with E-state index in [-0.39, 0.29) is 17.0 Å². The second-order valence-electron chi connectivity index (χ2n) is 4.80. The number of hydrogen-bond acceptors (Lipinski definition) is 4. The molecule has 1 heterocycles. The van der Waals surface area contributed by atoms with Crippen molar-refractivity contribution in [3.63, 3.8) is 0 Å². The van der Waals surface area contributed by atoms with Crippen LogP contribution < -0.4 is 4.72 Å². The number of pyridine rings is 1. The molecule has 2 N–H and O–H groups in total. The molecule has 0 aliphatic heterocycles. The Hall–Kier alpha value is -0.980. The first-order valence-corrected chi connectivity index (χ1v) is 6.99. The highest BCUT2D eigenvalue weighted by Crippen LogP contribution is 2.44. The molecule has 0 atom stereocenters. The van der Waals surface area contributed by atoms with E-state index < -0.39 is 10.0 Å². The zero-order chi connectivity index (χ0) is 12.5. The number of rotatable bonds is 5. The first-order chi connectivity index (χ1) is 7.95. The second kappa shape index (κ2) is 4.36. The summed E-state index contributed by atoms with van der Waals surface area (Å²) in [6.45, 7) is 2.37. The summed E-state index contributed by atoms with van der Waals surface area (Å²) in [6, 6.07) is 2.96. The number of aliphatic hydroxyl groups is 1. The maximum Gasteiger partial charge on any atom is 0.258 e. The molecule has 1 aromatic rings. The Balaban J connectivity index is 2.07. The van der Waals surface area contributed by atoms with Crippen LogP contribution in [0.3, 0.4) is 0 Å². The van der Waals surface area contributed by atoms with Crippen LogP contribution >= 0.6 is 0 Å². The zero-order valence-electron chi connectivity index (χ0n) is 9.68. The fourth-order valence-corrected chi connectivity index (χ4v) is 2.52. The molecule has 0 bridgehead atoms. The highest BCUT2D eigenvalue weighted by molar-refractivity contribution is 7.89. The third-order valence-electron chi connectivity index (χ3n) is 3.05. The number of hydrogen-bond donors (Lipinski definition) is 2. The lowest BCUT2D eigenvalue weighted by Crippen LogP contribution is -2.29. The maximum atomic E-state index is 11.9. The van der Waals surface area contributed by atoms with E-state index in [1.807, 2.05) is 0 Å². The van der Waals surface area contributed by atoms with Crippen LogP contribution in [0.5, 0.6) is 0 Å². The van der Waals surface area contributed by atoms with Crippen molar-refractivity contribution < 1.29 is 13.5 Å². The lowest BCUT2D eigenvalue weighted by atomic mass is 10.2. The molecule has 0 unspecified atom stereocenters. The van der Waals surface area contributed by atoms with Gasteiger partial charge in [-0.1, -0.05) is 13.0 Å². The molecule has 1 saturated carbocycles. The van der Waals surface area contributed by atoms with Crippen LogP contribution in [0.1, 0.15) is 25.3 Å². The van der Waals surface area contributed by atoms with E-state index in [9.17, 15) is 8.42 Å². The van der Waals surface area contributed by atoms with E-state index in [1.54, 1.807) is 6.07 Å². The molecule has 0 radical (unpaired) electrons. The molecule has 1 aliphatic carbocycles. The fourth-order valence-electron chi connectivity index (χ4n) is 1.40. The van der Waals surface area contributed by atoms with Gasteiger partial charge in [0, 0.05) is 12.7 Å². The van der Waals surface area contributed by atoms with Crippen LogP contribution in [0.4, 0.5) is 0 Å². The Morgan fingerprint density at radius 1 is 1.47 bits per heavy atom. The molecule has 0 spiro atoms. The predicted octanol–water partition coefficient (Wildman–Crippen LogP) is 0.652. The average Bonchev–Trinajstić information content (AvgIpc) is 3.06. The van der Waals surface area contributed by atoms with Crippen molar-refractivity contribution in [3.8, 4) is 0 Å². The molecule has 5 nitrogen and oxygen atoms in total. The second-order valence-corrected chi connectivity index (χ2v) is 6.51. The van der Waals surface area contributed by atoms with Crippen LogP contribution in [0.25, 0.3) is 0 Å². The lowest BCUT2D eigenvalue weighted by Gasteiger charge is -2.10. The summed E-state index contributed by atoms with van der Waals surface area (Å²) in [5.41, 5.74) is 0.719. The van der Waals surface area contributed by atoms with Crippen molar-refractivity contribution in [2.45, 2.75) is 31.4 Å². The van der Waals surface area contributed by atoms with Crippen molar-refractivity contribution in [1.82, 2.24) is 9.71 Å². The normalized spacial score (nSPS) is 18.0. The number of nitrogens with zero attached hydrogens (tertiary/aromatic N) is 1. The van der Waals surface area contributed by atoms with E-state index in [0.29, 0.717) is 12.1 Å². The minimum absolute atomic E-state index is 0.000972. The van der Waals surface area contributed by atoms with Gasteiger partial charge >= 0.3 is 0 Å². The molecular weight excluding hydrogens is 240 g/mol. The quantitative estimate of drug-likeness (QED) is 0.810. The average molecular weight is 256 g/mol. The Labute approximate surface area is 101 Å². The Bertz CT molecular complexity index is 492. The maximum absolute atomic E-state index is 11.9. The third kappa shape index (κ3) is 3.02. The van der Waals surface area contributed by atoms with Gasteiger partial charge in [0.2, 0.25) is 0 Å². The SMILES string of the molecule is CC1(CNS(=O)(=O)c2ccc(CO)cn2)CC1. The summed E-state index contributed by atoms with van der Waals surface area (Å²) in [4.78, 5) is 3.83. The third-order valence-corrected chi connectivity index (χ3v) is 4.36. The van der Waals surface area contributed by atoms with E-state index in [2.05, 4.69) is 16.6 Å². The monoisotopic (exact) mass is 256 g/mol. The molecule has 0 aromatic carbocycles. The number of aliphatic hydroxyl groups excluding tert-OH is 1. The summed E-state index contributed by atoms with van der Waals surface area (Å²) in [7, 11) is -3.52. The first-order valence-electron chi connectivity index (χ1n) is 5.51. The van der Waals surface area contributed by atoms with Crippen LogP contribution in [0.2, 0.25) is 0 Å². The van der Waals surface area contributed by atoms with Gasteiger partial charge in [-0.3, -0.25) is 0 Å². The highest BCUT2D eigenvalue weighted by atomic mass is 32.2. The van der Waals surface area contributed by atoms with Gasteiger partial charge in [0.1, 0.15) is 0 Å². The van der Waals surface area contributed by atoms with Gasteiger partial charge in [-0.2, -0.15) is 0 Å². The molecule has 94 valence electrons. The van der Waals surface area contributed by atoms with Crippen molar-refractivity contribution in [3.05, 3.63) is 23.9 Å². The lowest BCUT2D eigenvalue weighted by molar-refractivity contribution is 0.281. The van der Waals surface area contributed by atoms with E-state index in [4.69, 9.17) is 5.11 Å². The molecule has 1 aromatic heterocycles. The summed E-state index contributed by atoms with van der Waals surface area (Å²) in [5, 5.41) is 8.84. The van der Waals surface area contributed by atoms with Gasteiger partial charge < -0.3 is 5.11 Å². The van der Waals surface area contributed by atoms with Gasteiger partial charge in [-0.15, -0.1) is 0 Å². The Morgan fingerprint density at radius 3 is 2.65 bits per heavy atom. The van der Waals surface area contributed by atoms with Crippen molar-refractivity contribution >= 4 is 10.0 Å². The smallest absolute Gasteiger partial charge is 0.258 e. The van der Waals surface area contributed by atoms with Gasteiger partial charge in [0.15, 0.2) is 5.03 Å². The minimum Gasteiger partial charge on any atom is -0.392 e. The molecule has 1 fully saturated rings. The van der Waals surface area contributed by atoms with Gasteiger partial charge in [0.25, 0.3) is 10.0 Å². The number of aromatic nitrogens is 1. The zero-order valence-corrected chi connectivity index (χ0v) is 10.5. The van der Waals surface area contributed by atoms with Crippen molar-refractivity contribution in [2.24, 2.45) is 5.41 Å². The largest absolute Gasteiger partial charge is 0.392 e. The molecule has 0 amide bonds. The van der Waals surface area contributed by atoms with E-state index in [1.165, 1.54) is 12.3 Å². The highest BCUT2D eigenvalue weighted by Gasteiger charge is 2.38. The molecule has 6 heteroatoms. The van der Waals surface area contributed by atoms with Gasteiger partial charge in [-0.25, -0.2) is 18.1 Å². The van der Waals surface area contributed by atoms with Gasteiger partial charge in [-0.05, 0) is 29.9 Å². The summed E-state index contributed by atoms with van der Waals surface area (Å²) < 4.78 is 26.3. The molecule has 17 heavy (non-hydrogen) atoms. The van der Waals surface area contributed by atoms with Crippen molar-refractivity contribution in [1.29, 1.82) is 0 Å². The number of nitrogens with one attached hydrogen (secondary N) is 1. The Kier molecular flexibility index (Phi) is 3.20. The number of sulfonamides is 1. The molecule has 0 saturated heterocycles. The van der Waals surface area contributed by atoms with E-state index >= 15 is 0 Å². The van der Waals surface area contributed by atoms with Crippen LogP contribution in [0.15, 0.2) is 23.4 Å². The molecule has 1 aliphatic rings. The first kappa shape index (κ1) is 12.5. The summed E-state index contributed by atoms with van der Waals surface area (Å²) >= 11 is 0. The summed E-state index contributed by atoms with van der Waals surface area (Å²) in [5.74, 6) is 0. The minimum atomic E-state index is -3.52. The molecule has 2 rings (SSSR count). The van der Waals surface area contributed by atoms with Crippen molar-refractivity contribution in [2.75, 3.05) is 6.54 Å². The van der Waals surface area contributed by atoms with Crippen LogP contribution in [0, 0.1) is 5.41 Å². The van der Waals surface area contributed by atoms with Crippen LogP contribution in [-0.2, 0) is 16.6 Å². The molecular formula is C11H16N2O3S. The summed E-state index contributed by atoms with van der Waals surface area (Å²) in [6.07, 6.45) is 3.49.